The molecule has 0 aliphatic carbocycles. The van der Waals surface area contributed by atoms with Crippen molar-refractivity contribution in [1.82, 2.24) is 0 Å². The number of hydrogen-bond donors (Lipinski definition) is 0. The van der Waals surface area contributed by atoms with Crippen LogP contribution in [0.3, 0.4) is 0 Å². The summed E-state index contributed by atoms with van der Waals surface area (Å²) >= 11 is 9.61. The highest BCUT2D eigenvalue weighted by Crippen LogP contribution is 2.18. The molecule has 0 spiro atoms. The summed E-state index contributed by atoms with van der Waals surface area (Å²) < 4.78 is 5.69. The first-order valence-corrected chi connectivity index (χ1v) is 8.50. The van der Waals surface area contributed by atoms with Gasteiger partial charge in [-0.3, -0.25) is 0 Å². The van der Waals surface area contributed by atoms with E-state index in [1.165, 1.54) is 5.56 Å². The first kappa shape index (κ1) is 17.0. The van der Waals surface area contributed by atoms with Gasteiger partial charge in [0, 0.05) is 23.6 Å². The molecule has 0 bridgehead atoms. The van der Waals surface area contributed by atoms with Crippen LogP contribution in [0.15, 0.2) is 24.3 Å². The number of halogens is 2. The molecule has 3 heteroatoms. The average Bonchev–Trinajstić information content (AvgIpc) is 2.36. The highest BCUT2D eigenvalue weighted by molar-refractivity contribution is 9.09. The molecule has 1 nitrogen and oxygen atoms in total. The number of benzene rings is 1. The third-order valence-corrected chi connectivity index (χ3v) is 4.29. The second kappa shape index (κ2) is 9.79. The predicted octanol–water partition coefficient (Wildman–Crippen LogP) is 5.35. The Hall–Kier alpha value is -0.0500. The first-order valence-electron chi connectivity index (χ1n) is 7.00. The summed E-state index contributed by atoms with van der Waals surface area (Å²) in [6, 6.07) is 8.13. The van der Waals surface area contributed by atoms with Crippen molar-refractivity contribution in [2.75, 3.05) is 18.5 Å². The Morgan fingerprint density at radius 2 is 1.95 bits per heavy atom. The lowest BCUT2D eigenvalue weighted by molar-refractivity contribution is 0.113. The van der Waals surface area contributed by atoms with E-state index in [4.69, 9.17) is 16.3 Å². The zero-order valence-corrected chi connectivity index (χ0v) is 14.2. The van der Waals surface area contributed by atoms with E-state index in [9.17, 15) is 0 Å². The van der Waals surface area contributed by atoms with E-state index in [1.54, 1.807) is 0 Å². The molecule has 108 valence electrons. The maximum atomic E-state index is 6.01. The largest absolute Gasteiger partial charge is 0.381 e. The van der Waals surface area contributed by atoms with Gasteiger partial charge in [0.15, 0.2) is 0 Å². The Kier molecular flexibility index (Phi) is 8.76. The van der Waals surface area contributed by atoms with Crippen LogP contribution in [0.4, 0.5) is 0 Å². The number of hydrogen-bond acceptors (Lipinski definition) is 1. The minimum absolute atomic E-state index is 0.609. The van der Waals surface area contributed by atoms with E-state index in [1.807, 2.05) is 12.1 Å². The summed E-state index contributed by atoms with van der Waals surface area (Å²) in [7, 11) is 0. The molecular weight excluding hydrogens is 324 g/mol. The zero-order chi connectivity index (χ0) is 14.1. The quantitative estimate of drug-likeness (QED) is 0.432. The smallest absolute Gasteiger partial charge is 0.0469 e. The fourth-order valence-corrected chi connectivity index (χ4v) is 2.67. The standard InChI is InChI=1S/C16H24BrClO/c1-13(2)6-8-19-9-7-15(12-17)10-14-4-3-5-16(18)11-14/h3-5,11,13,15H,6-10,12H2,1-2H3. The number of rotatable bonds is 9. The predicted molar refractivity (Wildman–Crippen MR) is 87.3 cm³/mol. The lowest BCUT2D eigenvalue weighted by Gasteiger charge is -2.15. The van der Waals surface area contributed by atoms with Gasteiger partial charge in [-0.25, -0.2) is 0 Å². The van der Waals surface area contributed by atoms with Gasteiger partial charge in [0.1, 0.15) is 0 Å². The lowest BCUT2D eigenvalue weighted by Crippen LogP contribution is -2.11. The van der Waals surface area contributed by atoms with E-state index in [2.05, 4.69) is 41.9 Å². The van der Waals surface area contributed by atoms with Gasteiger partial charge in [-0.05, 0) is 48.8 Å². The van der Waals surface area contributed by atoms with Crippen molar-refractivity contribution in [3.05, 3.63) is 34.9 Å². The summed E-state index contributed by atoms with van der Waals surface area (Å²) in [5, 5.41) is 1.83. The van der Waals surface area contributed by atoms with Crippen LogP contribution in [-0.4, -0.2) is 18.5 Å². The molecule has 0 aliphatic heterocycles. The van der Waals surface area contributed by atoms with Gasteiger partial charge in [0.2, 0.25) is 0 Å². The molecule has 0 aliphatic rings. The molecule has 1 aromatic carbocycles. The molecule has 0 saturated carbocycles. The van der Waals surface area contributed by atoms with E-state index in [0.717, 1.165) is 48.7 Å². The molecule has 0 radical (unpaired) electrons. The van der Waals surface area contributed by atoms with Crippen molar-refractivity contribution in [1.29, 1.82) is 0 Å². The highest BCUT2D eigenvalue weighted by atomic mass is 79.9. The highest BCUT2D eigenvalue weighted by Gasteiger charge is 2.09. The van der Waals surface area contributed by atoms with Crippen LogP contribution in [0.25, 0.3) is 0 Å². The average molecular weight is 348 g/mol. The molecule has 1 unspecified atom stereocenters. The van der Waals surface area contributed by atoms with Gasteiger partial charge in [-0.1, -0.05) is 53.5 Å². The SMILES string of the molecule is CC(C)CCOCCC(CBr)Cc1cccc(Cl)c1. The third-order valence-electron chi connectivity index (χ3n) is 3.14. The van der Waals surface area contributed by atoms with Crippen LogP contribution in [0, 0.1) is 11.8 Å². The van der Waals surface area contributed by atoms with Crippen molar-refractivity contribution < 1.29 is 4.74 Å². The van der Waals surface area contributed by atoms with Crippen molar-refractivity contribution in [3.8, 4) is 0 Å². The number of ether oxygens (including phenoxy) is 1. The molecule has 0 saturated heterocycles. The molecule has 0 amide bonds. The maximum absolute atomic E-state index is 6.01. The Morgan fingerprint density at radius 1 is 1.21 bits per heavy atom. The van der Waals surface area contributed by atoms with Gasteiger partial charge in [-0.15, -0.1) is 0 Å². The summed E-state index contributed by atoms with van der Waals surface area (Å²) in [4.78, 5) is 0. The normalized spacial score (nSPS) is 12.9. The molecule has 1 atom stereocenters. The van der Waals surface area contributed by atoms with Crippen LogP contribution in [0.2, 0.25) is 5.02 Å². The van der Waals surface area contributed by atoms with E-state index >= 15 is 0 Å². The lowest BCUT2D eigenvalue weighted by atomic mass is 9.98. The molecular formula is C16H24BrClO. The minimum Gasteiger partial charge on any atom is -0.381 e. The Labute approximate surface area is 130 Å². The third kappa shape index (κ3) is 7.96. The van der Waals surface area contributed by atoms with Crippen LogP contribution in [0.5, 0.6) is 0 Å². The van der Waals surface area contributed by atoms with E-state index in [-0.39, 0.29) is 0 Å². The fourth-order valence-electron chi connectivity index (χ4n) is 1.90. The summed E-state index contributed by atoms with van der Waals surface area (Å²) in [5.74, 6) is 1.33. The van der Waals surface area contributed by atoms with E-state index in [0.29, 0.717) is 5.92 Å². The second-order valence-electron chi connectivity index (χ2n) is 5.44. The summed E-state index contributed by atoms with van der Waals surface area (Å²) in [5.41, 5.74) is 1.30. The molecule has 0 fully saturated rings. The zero-order valence-electron chi connectivity index (χ0n) is 11.9. The van der Waals surface area contributed by atoms with Crippen LogP contribution < -0.4 is 0 Å². The summed E-state index contributed by atoms with van der Waals surface area (Å²) in [6.07, 6.45) is 3.29. The van der Waals surface area contributed by atoms with Crippen LogP contribution >= 0.6 is 27.5 Å². The number of alkyl halides is 1. The van der Waals surface area contributed by atoms with Crippen molar-refractivity contribution in [2.24, 2.45) is 11.8 Å². The first-order chi connectivity index (χ1) is 9.11. The van der Waals surface area contributed by atoms with Crippen LogP contribution in [-0.2, 0) is 11.2 Å². The fraction of sp³-hybridized carbons (Fsp3) is 0.625. The molecule has 0 heterocycles. The van der Waals surface area contributed by atoms with Gasteiger partial charge in [0.05, 0.1) is 0 Å². The van der Waals surface area contributed by atoms with E-state index < -0.39 is 0 Å². The Morgan fingerprint density at radius 3 is 2.58 bits per heavy atom. The Bertz CT molecular complexity index is 354. The van der Waals surface area contributed by atoms with Crippen molar-refractivity contribution >= 4 is 27.5 Å². The minimum atomic E-state index is 0.609. The van der Waals surface area contributed by atoms with Gasteiger partial charge >= 0.3 is 0 Å². The summed E-state index contributed by atoms with van der Waals surface area (Å²) in [6.45, 7) is 6.18. The van der Waals surface area contributed by atoms with Crippen molar-refractivity contribution in [3.63, 3.8) is 0 Å². The van der Waals surface area contributed by atoms with Gasteiger partial charge in [0.25, 0.3) is 0 Å². The van der Waals surface area contributed by atoms with Crippen LogP contribution in [0.1, 0.15) is 32.3 Å². The Balaban J connectivity index is 2.26. The monoisotopic (exact) mass is 346 g/mol. The molecule has 0 aromatic heterocycles. The molecule has 1 rings (SSSR count). The van der Waals surface area contributed by atoms with Crippen molar-refractivity contribution in [2.45, 2.75) is 33.1 Å². The van der Waals surface area contributed by atoms with Gasteiger partial charge < -0.3 is 4.74 Å². The molecule has 0 N–H and O–H groups in total. The molecule has 19 heavy (non-hydrogen) atoms. The van der Waals surface area contributed by atoms with Gasteiger partial charge in [-0.2, -0.15) is 0 Å². The topological polar surface area (TPSA) is 9.23 Å². The molecule has 1 aromatic rings. The second-order valence-corrected chi connectivity index (χ2v) is 6.52. The maximum Gasteiger partial charge on any atom is 0.0469 e.